The Kier molecular flexibility index (Phi) is 6.16. The molecule has 0 spiro atoms. The molecule has 23 heavy (non-hydrogen) atoms. The van der Waals surface area contributed by atoms with Gasteiger partial charge < -0.3 is 15.3 Å². The van der Waals surface area contributed by atoms with Gasteiger partial charge in [-0.05, 0) is 42.9 Å². The van der Waals surface area contributed by atoms with Crippen molar-refractivity contribution < 1.29 is 14.7 Å². The molecule has 1 aliphatic rings. The van der Waals surface area contributed by atoms with Gasteiger partial charge in [-0.3, -0.25) is 9.59 Å². The van der Waals surface area contributed by atoms with Crippen LogP contribution in [0.25, 0.3) is 0 Å². The molecule has 5 heteroatoms. The number of nitrogens with zero attached hydrogens (tertiary/aromatic N) is 1. The summed E-state index contributed by atoms with van der Waals surface area (Å²) in [5.41, 5.74) is 1.40. The number of likely N-dealkylation sites (tertiary alicyclic amines) is 1. The van der Waals surface area contributed by atoms with Gasteiger partial charge in [0.25, 0.3) is 0 Å². The zero-order valence-electron chi connectivity index (χ0n) is 13.9. The molecule has 2 N–H and O–H groups in total. The minimum absolute atomic E-state index is 0.0657. The first kappa shape index (κ1) is 17.5. The van der Waals surface area contributed by atoms with Gasteiger partial charge >= 0.3 is 0 Å². The Bertz CT molecular complexity index is 557. The van der Waals surface area contributed by atoms with Crippen molar-refractivity contribution in [2.75, 3.05) is 11.9 Å². The van der Waals surface area contributed by atoms with Crippen molar-refractivity contribution in [2.24, 2.45) is 5.92 Å². The Balaban J connectivity index is 2.13. The van der Waals surface area contributed by atoms with Crippen LogP contribution in [0.2, 0.25) is 0 Å². The maximum absolute atomic E-state index is 12.7. The van der Waals surface area contributed by atoms with E-state index in [4.69, 9.17) is 0 Å². The molecule has 0 aromatic heterocycles. The largest absolute Gasteiger partial charge is 0.392 e. The molecule has 0 radical (unpaired) electrons. The normalized spacial score (nSPS) is 16.5. The van der Waals surface area contributed by atoms with E-state index < -0.39 is 6.04 Å². The van der Waals surface area contributed by atoms with Crippen molar-refractivity contribution in [1.82, 2.24) is 4.90 Å². The topological polar surface area (TPSA) is 69.6 Å². The summed E-state index contributed by atoms with van der Waals surface area (Å²) in [6.45, 7) is 4.70. The number of aliphatic hydroxyl groups is 1. The first-order valence-corrected chi connectivity index (χ1v) is 8.31. The van der Waals surface area contributed by atoms with Crippen LogP contribution >= 0.6 is 0 Å². The third-order valence-corrected chi connectivity index (χ3v) is 4.11. The molecule has 0 aliphatic carbocycles. The second-order valence-electron chi connectivity index (χ2n) is 6.54. The van der Waals surface area contributed by atoms with E-state index in [0.29, 0.717) is 31.0 Å². The fourth-order valence-corrected chi connectivity index (χ4v) is 2.95. The van der Waals surface area contributed by atoms with E-state index in [0.717, 1.165) is 18.4 Å². The first-order valence-electron chi connectivity index (χ1n) is 8.31. The van der Waals surface area contributed by atoms with E-state index in [-0.39, 0.29) is 18.4 Å². The number of amides is 2. The second-order valence-corrected chi connectivity index (χ2v) is 6.54. The highest BCUT2D eigenvalue weighted by Gasteiger charge is 2.31. The van der Waals surface area contributed by atoms with Gasteiger partial charge in [-0.1, -0.05) is 26.0 Å². The molecular formula is C18H26N2O3. The summed E-state index contributed by atoms with van der Waals surface area (Å²) in [4.78, 5) is 26.6. The van der Waals surface area contributed by atoms with Crippen LogP contribution in [0.5, 0.6) is 0 Å². The Morgan fingerprint density at radius 3 is 2.78 bits per heavy atom. The number of benzene rings is 1. The van der Waals surface area contributed by atoms with Gasteiger partial charge in [-0.2, -0.15) is 0 Å². The smallest absolute Gasteiger partial charge is 0.247 e. The summed E-state index contributed by atoms with van der Waals surface area (Å²) in [6, 6.07) is 6.71. The lowest BCUT2D eigenvalue weighted by Crippen LogP contribution is -2.49. The van der Waals surface area contributed by atoms with Crippen LogP contribution in [0.1, 0.15) is 45.1 Å². The summed E-state index contributed by atoms with van der Waals surface area (Å²) < 4.78 is 0. The predicted octanol–water partition coefficient (Wildman–Crippen LogP) is 2.54. The highest BCUT2D eigenvalue weighted by molar-refractivity contribution is 5.97. The summed E-state index contributed by atoms with van der Waals surface area (Å²) in [5, 5.41) is 12.1. The monoisotopic (exact) mass is 318 g/mol. The molecule has 5 nitrogen and oxygen atoms in total. The van der Waals surface area contributed by atoms with Crippen LogP contribution in [0, 0.1) is 5.92 Å². The van der Waals surface area contributed by atoms with E-state index in [1.165, 1.54) is 0 Å². The van der Waals surface area contributed by atoms with Gasteiger partial charge in [-0.15, -0.1) is 0 Å². The van der Waals surface area contributed by atoms with Gasteiger partial charge in [0.15, 0.2) is 0 Å². The Morgan fingerprint density at radius 1 is 1.35 bits per heavy atom. The van der Waals surface area contributed by atoms with Gasteiger partial charge in [0.1, 0.15) is 6.04 Å². The van der Waals surface area contributed by atoms with Gasteiger partial charge in [0.2, 0.25) is 11.8 Å². The summed E-state index contributed by atoms with van der Waals surface area (Å²) in [6.07, 6.45) is 3.04. The van der Waals surface area contributed by atoms with Crippen molar-refractivity contribution in [1.29, 1.82) is 0 Å². The van der Waals surface area contributed by atoms with Crippen LogP contribution < -0.4 is 5.32 Å². The van der Waals surface area contributed by atoms with Crippen LogP contribution in [0.4, 0.5) is 5.69 Å². The van der Waals surface area contributed by atoms with Gasteiger partial charge in [-0.25, -0.2) is 0 Å². The fraction of sp³-hybridized carbons (Fsp3) is 0.556. The SMILES string of the molecule is CC(C)C[C@H](C(=O)Nc1cccc(CO)c1)N1CCCCC1=O. The molecule has 1 saturated heterocycles. The number of carbonyl (C=O) groups is 2. The predicted molar refractivity (Wildman–Crippen MR) is 89.8 cm³/mol. The summed E-state index contributed by atoms with van der Waals surface area (Å²) in [7, 11) is 0. The third-order valence-electron chi connectivity index (χ3n) is 4.11. The number of carbonyl (C=O) groups excluding carboxylic acids is 2. The molecule has 2 rings (SSSR count). The van der Waals surface area contributed by atoms with Crippen molar-refractivity contribution in [2.45, 2.75) is 52.2 Å². The highest BCUT2D eigenvalue weighted by atomic mass is 16.3. The fourth-order valence-electron chi connectivity index (χ4n) is 2.95. The van der Waals surface area contributed by atoms with Gasteiger partial charge in [0, 0.05) is 18.7 Å². The molecule has 126 valence electrons. The van der Waals surface area contributed by atoms with Crippen molar-refractivity contribution in [3.8, 4) is 0 Å². The Morgan fingerprint density at radius 2 is 2.13 bits per heavy atom. The highest BCUT2D eigenvalue weighted by Crippen LogP contribution is 2.21. The van der Waals surface area contributed by atoms with Crippen LogP contribution in [0.3, 0.4) is 0 Å². The Labute approximate surface area is 137 Å². The molecule has 1 atom stereocenters. The lowest BCUT2D eigenvalue weighted by atomic mass is 9.98. The molecule has 1 heterocycles. The number of rotatable bonds is 6. The summed E-state index contributed by atoms with van der Waals surface area (Å²) in [5.74, 6) is 0.245. The van der Waals surface area contributed by atoms with E-state index >= 15 is 0 Å². The van der Waals surface area contributed by atoms with Crippen molar-refractivity contribution >= 4 is 17.5 Å². The number of piperidine rings is 1. The first-order chi connectivity index (χ1) is 11.0. The van der Waals surface area contributed by atoms with Crippen LogP contribution in [-0.2, 0) is 16.2 Å². The minimum atomic E-state index is -0.430. The summed E-state index contributed by atoms with van der Waals surface area (Å²) >= 11 is 0. The molecule has 1 fully saturated rings. The minimum Gasteiger partial charge on any atom is -0.392 e. The molecule has 0 saturated carbocycles. The second kappa shape index (κ2) is 8.11. The quantitative estimate of drug-likeness (QED) is 0.847. The lowest BCUT2D eigenvalue weighted by molar-refractivity contribution is -0.141. The number of anilines is 1. The number of nitrogens with one attached hydrogen (secondary N) is 1. The van der Waals surface area contributed by atoms with E-state index in [1.54, 1.807) is 29.2 Å². The molecule has 0 bridgehead atoms. The maximum Gasteiger partial charge on any atom is 0.247 e. The molecular weight excluding hydrogens is 292 g/mol. The lowest BCUT2D eigenvalue weighted by Gasteiger charge is -2.34. The van der Waals surface area contributed by atoms with E-state index in [9.17, 15) is 14.7 Å². The number of hydrogen-bond donors (Lipinski definition) is 2. The third kappa shape index (κ3) is 4.79. The molecule has 1 aromatic carbocycles. The van der Waals surface area contributed by atoms with Crippen LogP contribution in [0.15, 0.2) is 24.3 Å². The van der Waals surface area contributed by atoms with E-state index in [1.807, 2.05) is 0 Å². The van der Waals surface area contributed by atoms with Crippen molar-refractivity contribution in [3.05, 3.63) is 29.8 Å². The zero-order valence-corrected chi connectivity index (χ0v) is 13.9. The van der Waals surface area contributed by atoms with Crippen molar-refractivity contribution in [3.63, 3.8) is 0 Å². The molecule has 1 aliphatic heterocycles. The van der Waals surface area contributed by atoms with Gasteiger partial charge in [0.05, 0.1) is 6.61 Å². The zero-order chi connectivity index (χ0) is 16.8. The average Bonchev–Trinajstić information content (AvgIpc) is 2.53. The molecule has 0 unspecified atom stereocenters. The number of hydrogen-bond acceptors (Lipinski definition) is 3. The Hall–Kier alpha value is -1.88. The van der Waals surface area contributed by atoms with E-state index in [2.05, 4.69) is 19.2 Å². The molecule has 2 amide bonds. The van der Waals surface area contributed by atoms with Crippen LogP contribution in [-0.4, -0.2) is 34.4 Å². The molecule has 1 aromatic rings. The maximum atomic E-state index is 12.7. The average molecular weight is 318 g/mol. The number of aliphatic hydroxyl groups excluding tert-OH is 1. The standard InChI is InChI=1S/C18H26N2O3/c1-13(2)10-16(20-9-4-3-8-17(20)22)18(23)19-15-7-5-6-14(11-15)12-21/h5-7,11,13,16,21H,3-4,8-10,12H2,1-2H3,(H,19,23)/t16-/m1/s1.